The summed E-state index contributed by atoms with van der Waals surface area (Å²) in [5.41, 5.74) is 12.2. The summed E-state index contributed by atoms with van der Waals surface area (Å²) in [7, 11) is 1.83. The Labute approximate surface area is 211 Å². The lowest BCUT2D eigenvalue weighted by Gasteiger charge is -2.19. The molecule has 1 aromatic carbocycles. The van der Waals surface area contributed by atoms with Gasteiger partial charge in [0.25, 0.3) is 5.91 Å². The Hall–Kier alpha value is -2.74. The van der Waals surface area contributed by atoms with Crippen LogP contribution in [0, 0.1) is 0 Å². The largest absolute Gasteiger partial charge is 0.387 e. The van der Waals surface area contributed by atoms with Gasteiger partial charge in [-0.1, -0.05) is 36.2 Å². The van der Waals surface area contributed by atoms with Crippen molar-refractivity contribution in [1.82, 2.24) is 20.1 Å². The number of carbonyl (C=O) groups excluding carboxylic acids is 1. The van der Waals surface area contributed by atoms with Gasteiger partial charge in [-0.15, -0.1) is 0 Å². The van der Waals surface area contributed by atoms with Crippen LogP contribution >= 0.6 is 11.6 Å². The second-order valence-electron chi connectivity index (χ2n) is 9.46. The van der Waals surface area contributed by atoms with Crippen LogP contribution in [-0.4, -0.2) is 44.2 Å². The van der Waals surface area contributed by atoms with Gasteiger partial charge < -0.3 is 15.7 Å². The molecule has 0 radical (unpaired) electrons. The van der Waals surface area contributed by atoms with Gasteiger partial charge in [0, 0.05) is 36.1 Å². The number of hydrogen-bond donors (Lipinski definition) is 3. The first-order chi connectivity index (χ1) is 16.9. The van der Waals surface area contributed by atoms with Crippen molar-refractivity contribution < 1.29 is 9.90 Å². The summed E-state index contributed by atoms with van der Waals surface area (Å²) < 4.78 is 0. The van der Waals surface area contributed by atoms with Gasteiger partial charge in [0.15, 0.2) is 0 Å². The minimum absolute atomic E-state index is 0.000704. The number of aryl methyl sites for hydroxylation is 2. The van der Waals surface area contributed by atoms with Gasteiger partial charge in [0.2, 0.25) is 0 Å². The van der Waals surface area contributed by atoms with E-state index in [0.29, 0.717) is 29.2 Å². The molecule has 2 aromatic heterocycles. The Morgan fingerprint density at radius 2 is 1.94 bits per heavy atom. The van der Waals surface area contributed by atoms with Gasteiger partial charge in [-0.2, -0.15) is 5.10 Å². The number of rotatable bonds is 10. The van der Waals surface area contributed by atoms with E-state index in [9.17, 15) is 9.90 Å². The molecule has 0 aliphatic heterocycles. The number of aliphatic hydroxyl groups excluding tert-OH is 1. The minimum atomic E-state index is -0.756. The number of aliphatic hydroxyl groups is 1. The van der Waals surface area contributed by atoms with Crippen LogP contribution in [0.25, 0.3) is 0 Å². The highest BCUT2D eigenvalue weighted by Crippen LogP contribution is 2.23. The molecule has 186 valence electrons. The fraction of sp³-hybridized carbons (Fsp3) is 0.444. The third-order valence-electron chi connectivity index (χ3n) is 6.83. The number of nitrogens with one attached hydrogen (secondary N) is 1. The lowest BCUT2D eigenvalue weighted by atomic mass is 9.96. The first-order valence-corrected chi connectivity index (χ1v) is 12.7. The Morgan fingerprint density at radius 3 is 2.69 bits per heavy atom. The van der Waals surface area contributed by atoms with Crippen LogP contribution in [-0.2, 0) is 25.8 Å². The van der Waals surface area contributed by atoms with Crippen molar-refractivity contribution in [3.8, 4) is 0 Å². The molecule has 0 spiro atoms. The van der Waals surface area contributed by atoms with Crippen LogP contribution < -0.4 is 5.73 Å². The molecule has 7 nitrogen and oxygen atoms in total. The van der Waals surface area contributed by atoms with E-state index < -0.39 is 6.10 Å². The van der Waals surface area contributed by atoms with E-state index in [1.165, 1.54) is 29.7 Å². The van der Waals surface area contributed by atoms with E-state index in [1.807, 2.05) is 31.3 Å². The number of hydrogen-bond acceptors (Lipinski definition) is 5. The summed E-state index contributed by atoms with van der Waals surface area (Å²) in [5.74, 6) is 0.000704. The highest BCUT2D eigenvalue weighted by atomic mass is 35.5. The predicted octanol–water partition coefficient (Wildman–Crippen LogP) is 4.38. The van der Waals surface area contributed by atoms with Gasteiger partial charge in [-0.05, 0) is 74.3 Å². The fourth-order valence-electron chi connectivity index (χ4n) is 4.69. The number of carbonyl (C=O) groups is 1. The van der Waals surface area contributed by atoms with Crippen molar-refractivity contribution in [2.75, 3.05) is 7.05 Å². The van der Waals surface area contributed by atoms with E-state index in [2.05, 4.69) is 15.2 Å². The molecular weight excluding hydrogens is 462 g/mol. The number of nitrogens with zero attached hydrogens (tertiary/aromatic N) is 3. The van der Waals surface area contributed by atoms with E-state index in [-0.39, 0.29) is 11.9 Å². The first-order valence-electron chi connectivity index (χ1n) is 12.4. The number of halogens is 1. The monoisotopic (exact) mass is 495 g/mol. The maximum absolute atomic E-state index is 12.9. The lowest BCUT2D eigenvalue weighted by molar-refractivity contribution is 0.0783. The number of aromatic amines is 1. The van der Waals surface area contributed by atoms with Gasteiger partial charge in [-0.25, -0.2) is 4.98 Å². The summed E-state index contributed by atoms with van der Waals surface area (Å²) in [4.78, 5) is 18.7. The van der Waals surface area contributed by atoms with Gasteiger partial charge in [-0.3, -0.25) is 9.89 Å². The highest BCUT2D eigenvalue weighted by molar-refractivity contribution is 6.29. The zero-order valence-electron chi connectivity index (χ0n) is 20.2. The maximum atomic E-state index is 12.9. The van der Waals surface area contributed by atoms with Crippen LogP contribution in [0.3, 0.4) is 0 Å². The molecule has 1 amide bonds. The summed E-state index contributed by atoms with van der Waals surface area (Å²) in [6, 6.07) is 10.9. The molecule has 4 N–H and O–H groups in total. The van der Waals surface area contributed by atoms with Crippen molar-refractivity contribution in [2.45, 2.75) is 70.1 Å². The maximum Gasteiger partial charge on any atom is 0.253 e. The number of benzene rings is 1. The van der Waals surface area contributed by atoms with Crippen LogP contribution in [0.4, 0.5) is 0 Å². The van der Waals surface area contributed by atoms with Crippen molar-refractivity contribution in [2.24, 2.45) is 5.73 Å². The summed E-state index contributed by atoms with van der Waals surface area (Å²) in [6.45, 7) is 0.518. The first kappa shape index (κ1) is 25.4. The second kappa shape index (κ2) is 11.8. The number of fused-ring (bicyclic) bond motifs is 1. The molecule has 0 saturated heterocycles. The predicted molar refractivity (Wildman–Crippen MR) is 137 cm³/mol. The van der Waals surface area contributed by atoms with Crippen LogP contribution in [0.5, 0.6) is 0 Å². The van der Waals surface area contributed by atoms with Gasteiger partial charge in [0.05, 0.1) is 18.3 Å². The highest BCUT2D eigenvalue weighted by Gasteiger charge is 2.20. The smallest absolute Gasteiger partial charge is 0.253 e. The number of nitrogens with two attached hydrogens (primary N) is 1. The number of aromatic nitrogens is 3. The Balaban J connectivity index is 1.22. The van der Waals surface area contributed by atoms with Crippen molar-refractivity contribution >= 4 is 17.5 Å². The normalized spacial score (nSPS) is 14.9. The quantitative estimate of drug-likeness (QED) is 0.285. The van der Waals surface area contributed by atoms with Crippen molar-refractivity contribution in [3.05, 3.63) is 81.4 Å². The van der Waals surface area contributed by atoms with Crippen LogP contribution in [0.15, 0.2) is 42.6 Å². The van der Waals surface area contributed by atoms with E-state index >= 15 is 0 Å². The lowest BCUT2D eigenvalue weighted by Crippen LogP contribution is -2.28. The summed E-state index contributed by atoms with van der Waals surface area (Å²) in [5, 5.41) is 18.4. The van der Waals surface area contributed by atoms with Crippen molar-refractivity contribution in [3.63, 3.8) is 0 Å². The molecule has 4 rings (SSSR count). The topological polar surface area (TPSA) is 108 Å². The average molecular weight is 496 g/mol. The number of amides is 1. The molecule has 0 unspecified atom stereocenters. The Bertz CT molecular complexity index is 1110. The second-order valence-corrected chi connectivity index (χ2v) is 9.85. The molecule has 0 saturated carbocycles. The molecular formula is C27H34ClN5O2. The standard InChI is InChI=1S/C27H34ClN5O2/c1-33(17-24-21-7-3-5-9-23(21)31-32-24)27(35)19-12-10-18(11-13-19)6-2-4-8-22(29)26(34)20-14-15-25(28)30-16-20/h10-16,22,26,34H,2-9,17,29H2,1H3,(H,31,32)/t22-,26-/m1/s1. The zero-order valence-corrected chi connectivity index (χ0v) is 21.0. The SMILES string of the molecule is CN(Cc1n[nH]c2c1CCCC2)C(=O)c1ccc(CCCC[C@@H](N)[C@H](O)c2ccc(Cl)nc2)cc1. The molecule has 35 heavy (non-hydrogen) atoms. The zero-order chi connectivity index (χ0) is 24.8. The Morgan fingerprint density at radius 1 is 1.17 bits per heavy atom. The summed E-state index contributed by atoms with van der Waals surface area (Å²) in [6.07, 6.45) is 8.75. The van der Waals surface area contributed by atoms with Crippen LogP contribution in [0.2, 0.25) is 5.15 Å². The number of H-pyrrole nitrogens is 1. The molecule has 2 heterocycles. The van der Waals surface area contributed by atoms with E-state index in [0.717, 1.165) is 37.8 Å². The Kier molecular flexibility index (Phi) is 8.55. The molecule has 3 aromatic rings. The molecule has 8 heteroatoms. The third kappa shape index (κ3) is 6.48. The van der Waals surface area contributed by atoms with Crippen LogP contribution in [0.1, 0.15) is 76.6 Å². The fourth-order valence-corrected chi connectivity index (χ4v) is 4.80. The number of unbranched alkanes of at least 4 members (excludes halogenated alkanes) is 1. The molecule has 2 atom stereocenters. The summed E-state index contributed by atoms with van der Waals surface area (Å²) >= 11 is 5.80. The van der Waals surface area contributed by atoms with E-state index in [1.54, 1.807) is 23.2 Å². The molecule has 1 aliphatic rings. The van der Waals surface area contributed by atoms with Gasteiger partial charge >= 0.3 is 0 Å². The van der Waals surface area contributed by atoms with Crippen molar-refractivity contribution in [1.29, 1.82) is 0 Å². The number of pyridine rings is 1. The molecule has 0 bridgehead atoms. The molecule has 1 aliphatic carbocycles. The molecule has 0 fully saturated rings. The minimum Gasteiger partial charge on any atom is -0.387 e. The third-order valence-corrected chi connectivity index (χ3v) is 7.05. The van der Waals surface area contributed by atoms with Gasteiger partial charge in [0.1, 0.15) is 5.15 Å². The van der Waals surface area contributed by atoms with E-state index in [4.69, 9.17) is 17.3 Å². The average Bonchev–Trinajstić information content (AvgIpc) is 3.29.